The molecule has 0 bridgehead atoms. The number of carbonyl (C=O) groups is 1. The zero-order chi connectivity index (χ0) is 14.7. The van der Waals surface area contributed by atoms with E-state index < -0.39 is 0 Å². The van der Waals surface area contributed by atoms with Crippen LogP contribution in [0.2, 0.25) is 0 Å². The fourth-order valence-electron chi connectivity index (χ4n) is 2.36. The van der Waals surface area contributed by atoms with Gasteiger partial charge in [0.25, 0.3) is 5.91 Å². The molecule has 1 aromatic heterocycles. The third-order valence-electron chi connectivity index (χ3n) is 3.41. The van der Waals surface area contributed by atoms with Gasteiger partial charge in [0.2, 0.25) is 0 Å². The summed E-state index contributed by atoms with van der Waals surface area (Å²) in [5.41, 5.74) is 3.77. The lowest BCUT2D eigenvalue weighted by atomic mass is 10.1. The predicted molar refractivity (Wildman–Crippen MR) is 84.6 cm³/mol. The van der Waals surface area contributed by atoms with Crippen LogP contribution in [0.25, 0.3) is 16.9 Å². The second-order valence-electron chi connectivity index (χ2n) is 4.76. The second kappa shape index (κ2) is 5.67. The molecule has 0 unspecified atom stereocenters. The maximum Gasteiger partial charge on any atom is 0.252 e. The Morgan fingerprint density at radius 2 is 1.57 bits per heavy atom. The van der Waals surface area contributed by atoms with E-state index >= 15 is 0 Å². The summed E-state index contributed by atoms with van der Waals surface area (Å²) in [5.74, 6) is -0.0816. The first-order valence-corrected chi connectivity index (χ1v) is 6.85. The number of aromatic nitrogens is 1. The van der Waals surface area contributed by atoms with Gasteiger partial charge in [-0.15, -0.1) is 0 Å². The molecule has 0 saturated heterocycles. The molecule has 1 N–H and O–H groups in total. The van der Waals surface area contributed by atoms with Crippen molar-refractivity contribution in [2.45, 2.75) is 0 Å². The van der Waals surface area contributed by atoms with Crippen LogP contribution in [0, 0.1) is 0 Å². The molecular formula is C18H16N2O. The van der Waals surface area contributed by atoms with Crippen LogP contribution in [0.5, 0.6) is 0 Å². The molecule has 0 fully saturated rings. The molecule has 0 spiro atoms. The van der Waals surface area contributed by atoms with Gasteiger partial charge in [0, 0.05) is 18.9 Å². The standard InChI is InChI=1S/C18H16N2O/c1-19-18(21)15-12-17(14-8-4-2-5-9-14)20(13-15)16-10-6-3-7-11-16/h2-13H,1H3,(H,19,21). The minimum atomic E-state index is -0.0816. The smallest absolute Gasteiger partial charge is 0.252 e. The van der Waals surface area contributed by atoms with Crippen molar-refractivity contribution in [3.63, 3.8) is 0 Å². The van der Waals surface area contributed by atoms with E-state index in [0.29, 0.717) is 5.56 Å². The van der Waals surface area contributed by atoms with E-state index in [1.54, 1.807) is 7.05 Å². The SMILES string of the molecule is CNC(=O)c1cc(-c2ccccc2)n(-c2ccccc2)c1. The van der Waals surface area contributed by atoms with Gasteiger partial charge in [0.05, 0.1) is 11.3 Å². The maximum atomic E-state index is 11.9. The van der Waals surface area contributed by atoms with Crippen molar-refractivity contribution in [3.8, 4) is 16.9 Å². The van der Waals surface area contributed by atoms with Crippen LogP contribution < -0.4 is 5.32 Å². The summed E-state index contributed by atoms with van der Waals surface area (Å²) >= 11 is 0. The highest BCUT2D eigenvalue weighted by Gasteiger charge is 2.13. The van der Waals surface area contributed by atoms with E-state index in [9.17, 15) is 4.79 Å². The Morgan fingerprint density at radius 3 is 2.19 bits per heavy atom. The lowest BCUT2D eigenvalue weighted by Gasteiger charge is -2.09. The second-order valence-corrected chi connectivity index (χ2v) is 4.76. The summed E-state index contributed by atoms with van der Waals surface area (Å²) in [5, 5.41) is 2.67. The minimum Gasteiger partial charge on any atom is -0.355 e. The molecule has 1 amide bonds. The van der Waals surface area contributed by atoms with Crippen molar-refractivity contribution in [1.29, 1.82) is 0 Å². The molecule has 2 aromatic carbocycles. The number of hydrogen-bond acceptors (Lipinski definition) is 1. The summed E-state index contributed by atoms with van der Waals surface area (Å²) < 4.78 is 2.04. The first-order chi connectivity index (χ1) is 10.3. The molecule has 0 saturated carbocycles. The summed E-state index contributed by atoms with van der Waals surface area (Å²) in [6, 6.07) is 22.0. The quantitative estimate of drug-likeness (QED) is 0.780. The number of carbonyl (C=O) groups excluding carboxylic acids is 1. The summed E-state index contributed by atoms with van der Waals surface area (Å²) in [7, 11) is 1.64. The molecule has 0 aliphatic heterocycles. The van der Waals surface area contributed by atoms with E-state index in [2.05, 4.69) is 5.32 Å². The summed E-state index contributed by atoms with van der Waals surface area (Å²) in [6.45, 7) is 0. The average Bonchev–Trinajstić information content (AvgIpc) is 3.01. The Labute approximate surface area is 123 Å². The molecule has 3 aromatic rings. The van der Waals surface area contributed by atoms with Gasteiger partial charge in [0.1, 0.15) is 0 Å². The van der Waals surface area contributed by atoms with Crippen molar-refractivity contribution in [3.05, 3.63) is 78.5 Å². The van der Waals surface area contributed by atoms with Crippen LogP contribution in [-0.4, -0.2) is 17.5 Å². The van der Waals surface area contributed by atoms with Gasteiger partial charge >= 0.3 is 0 Å². The maximum absolute atomic E-state index is 11.9. The number of amides is 1. The van der Waals surface area contributed by atoms with E-state index in [4.69, 9.17) is 0 Å². The Kier molecular flexibility index (Phi) is 3.56. The number of para-hydroxylation sites is 1. The molecule has 0 radical (unpaired) electrons. The fourth-order valence-corrected chi connectivity index (χ4v) is 2.36. The topological polar surface area (TPSA) is 34.0 Å². The lowest BCUT2D eigenvalue weighted by molar-refractivity contribution is 0.0963. The fraction of sp³-hybridized carbons (Fsp3) is 0.0556. The third-order valence-corrected chi connectivity index (χ3v) is 3.41. The Hall–Kier alpha value is -2.81. The van der Waals surface area contributed by atoms with Gasteiger partial charge in [-0.3, -0.25) is 4.79 Å². The normalized spacial score (nSPS) is 10.3. The van der Waals surface area contributed by atoms with Crippen molar-refractivity contribution in [2.24, 2.45) is 0 Å². The van der Waals surface area contributed by atoms with Crippen molar-refractivity contribution in [1.82, 2.24) is 9.88 Å². The highest BCUT2D eigenvalue weighted by molar-refractivity contribution is 5.95. The molecule has 3 rings (SSSR count). The molecule has 21 heavy (non-hydrogen) atoms. The monoisotopic (exact) mass is 276 g/mol. The van der Waals surface area contributed by atoms with Crippen molar-refractivity contribution >= 4 is 5.91 Å². The summed E-state index contributed by atoms with van der Waals surface area (Å²) in [4.78, 5) is 11.9. The van der Waals surface area contributed by atoms with Crippen LogP contribution in [0.4, 0.5) is 0 Å². The van der Waals surface area contributed by atoms with Crippen LogP contribution in [0.3, 0.4) is 0 Å². The van der Waals surface area contributed by atoms with Crippen LogP contribution in [-0.2, 0) is 0 Å². The highest BCUT2D eigenvalue weighted by atomic mass is 16.1. The number of rotatable bonds is 3. The van der Waals surface area contributed by atoms with E-state index in [1.807, 2.05) is 77.5 Å². The predicted octanol–water partition coefficient (Wildman–Crippen LogP) is 3.50. The molecule has 1 heterocycles. The minimum absolute atomic E-state index is 0.0816. The number of nitrogens with one attached hydrogen (secondary N) is 1. The zero-order valence-corrected chi connectivity index (χ0v) is 11.8. The van der Waals surface area contributed by atoms with E-state index in [0.717, 1.165) is 16.9 Å². The van der Waals surface area contributed by atoms with E-state index in [-0.39, 0.29) is 5.91 Å². The molecule has 0 aliphatic rings. The molecule has 0 aliphatic carbocycles. The summed E-state index contributed by atoms with van der Waals surface area (Å²) in [6.07, 6.45) is 1.87. The van der Waals surface area contributed by atoms with Gasteiger partial charge in [-0.1, -0.05) is 48.5 Å². The zero-order valence-electron chi connectivity index (χ0n) is 11.8. The number of nitrogens with zero attached hydrogens (tertiary/aromatic N) is 1. The Bertz CT molecular complexity index is 688. The van der Waals surface area contributed by atoms with Gasteiger partial charge in [-0.05, 0) is 23.8 Å². The largest absolute Gasteiger partial charge is 0.355 e. The van der Waals surface area contributed by atoms with Gasteiger partial charge in [-0.25, -0.2) is 0 Å². The Balaban J connectivity index is 2.18. The Morgan fingerprint density at radius 1 is 0.952 bits per heavy atom. The third kappa shape index (κ3) is 2.58. The van der Waals surface area contributed by atoms with Crippen LogP contribution >= 0.6 is 0 Å². The lowest BCUT2D eigenvalue weighted by Crippen LogP contribution is -2.16. The molecular weight excluding hydrogens is 260 g/mol. The van der Waals surface area contributed by atoms with Gasteiger partial charge < -0.3 is 9.88 Å². The van der Waals surface area contributed by atoms with Crippen molar-refractivity contribution in [2.75, 3.05) is 7.05 Å². The van der Waals surface area contributed by atoms with E-state index in [1.165, 1.54) is 0 Å². The van der Waals surface area contributed by atoms with Crippen LogP contribution in [0.15, 0.2) is 72.9 Å². The van der Waals surface area contributed by atoms with Crippen LogP contribution in [0.1, 0.15) is 10.4 Å². The molecule has 0 atom stereocenters. The van der Waals surface area contributed by atoms with Crippen molar-refractivity contribution < 1.29 is 4.79 Å². The molecule has 3 nitrogen and oxygen atoms in total. The number of benzene rings is 2. The highest BCUT2D eigenvalue weighted by Crippen LogP contribution is 2.25. The molecule has 3 heteroatoms. The first-order valence-electron chi connectivity index (χ1n) is 6.85. The number of hydrogen-bond donors (Lipinski definition) is 1. The average molecular weight is 276 g/mol. The first kappa shape index (κ1) is 13.2. The van der Waals surface area contributed by atoms with Gasteiger partial charge in [0.15, 0.2) is 0 Å². The molecule has 104 valence electrons. The van der Waals surface area contributed by atoms with Gasteiger partial charge in [-0.2, -0.15) is 0 Å².